The lowest BCUT2D eigenvalue weighted by Crippen LogP contribution is -2.02. The zero-order valence-corrected chi connectivity index (χ0v) is 13.3. The first kappa shape index (κ1) is 14.7. The molecule has 0 bridgehead atoms. The van der Waals surface area contributed by atoms with Gasteiger partial charge in [0.05, 0.1) is 6.61 Å². The Morgan fingerprint density at radius 1 is 0.667 bits per heavy atom. The zero-order chi connectivity index (χ0) is 16.4. The summed E-state index contributed by atoms with van der Waals surface area (Å²) in [6, 6.07) is 27.1. The Morgan fingerprint density at radius 2 is 1.33 bits per heavy atom. The van der Waals surface area contributed by atoms with Crippen molar-refractivity contribution in [3.8, 4) is 16.9 Å². The summed E-state index contributed by atoms with van der Waals surface area (Å²) in [5.74, 6) is 0.798. The lowest BCUT2D eigenvalue weighted by molar-refractivity contribution is 0.202. The molecule has 118 valence electrons. The van der Waals surface area contributed by atoms with E-state index in [0.29, 0.717) is 6.61 Å². The molecule has 0 saturated heterocycles. The summed E-state index contributed by atoms with van der Waals surface area (Å²) in [5.41, 5.74) is 2.20. The van der Waals surface area contributed by atoms with Gasteiger partial charge in [-0.25, -0.2) is 0 Å². The van der Waals surface area contributed by atoms with Crippen LogP contribution in [0, 0.1) is 0 Å². The Labute approximate surface area is 140 Å². The number of rotatable bonds is 4. The van der Waals surface area contributed by atoms with Crippen molar-refractivity contribution in [2.75, 3.05) is 13.2 Å². The second-order valence-corrected chi connectivity index (χ2v) is 5.76. The maximum absolute atomic E-state index is 9.08. The third kappa shape index (κ3) is 2.51. The fourth-order valence-electron chi connectivity index (χ4n) is 3.25. The standard InChI is InChI=1S/C22H18O2/c23-13-14-24-22-12-6-5-11-20(22)21-15-16-7-1-2-8-17(16)18-9-3-4-10-19(18)21/h1-12,15,23H,13-14H2. The molecule has 0 aliphatic rings. The Balaban J connectivity index is 2.03. The van der Waals surface area contributed by atoms with Gasteiger partial charge in [-0.15, -0.1) is 0 Å². The van der Waals surface area contributed by atoms with Gasteiger partial charge in [-0.2, -0.15) is 0 Å². The van der Waals surface area contributed by atoms with Crippen LogP contribution in [-0.4, -0.2) is 18.3 Å². The summed E-state index contributed by atoms with van der Waals surface area (Å²) >= 11 is 0. The van der Waals surface area contributed by atoms with Crippen LogP contribution < -0.4 is 4.74 Å². The van der Waals surface area contributed by atoms with Crippen LogP contribution in [-0.2, 0) is 0 Å². The van der Waals surface area contributed by atoms with Crippen molar-refractivity contribution in [1.29, 1.82) is 0 Å². The van der Waals surface area contributed by atoms with Crippen LogP contribution in [0.4, 0.5) is 0 Å². The fourth-order valence-corrected chi connectivity index (χ4v) is 3.25. The maximum Gasteiger partial charge on any atom is 0.127 e. The molecule has 0 unspecified atom stereocenters. The van der Waals surface area contributed by atoms with Crippen LogP contribution >= 0.6 is 0 Å². The van der Waals surface area contributed by atoms with Gasteiger partial charge < -0.3 is 9.84 Å². The van der Waals surface area contributed by atoms with Gasteiger partial charge in [0.1, 0.15) is 12.4 Å². The van der Waals surface area contributed by atoms with Crippen LogP contribution in [0.1, 0.15) is 0 Å². The quantitative estimate of drug-likeness (QED) is 0.535. The van der Waals surface area contributed by atoms with E-state index >= 15 is 0 Å². The molecule has 24 heavy (non-hydrogen) atoms. The number of aliphatic hydroxyl groups is 1. The highest BCUT2D eigenvalue weighted by Gasteiger charge is 2.11. The molecule has 0 aliphatic heterocycles. The van der Waals surface area contributed by atoms with Crippen molar-refractivity contribution in [2.45, 2.75) is 0 Å². The molecule has 1 N–H and O–H groups in total. The molecule has 0 amide bonds. The van der Waals surface area contributed by atoms with E-state index in [9.17, 15) is 0 Å². The van der Waals surface area contributed by atoms with E-state index in [1.54, 1.807) is 0 Å². The van der Waals surface area contributed by atoms with E-state index in [1.807, 2.05) is 18.2 Å². The number of fused-ring (bicyclic) bond motifs is 3. The predicted molar refractivity (Wildman–Crippen MR) is 99.5 cm³/mol. The summed E-state index contributed by atoms with van der Waals surface area (Å²) in [4.78, 5) is 0. The maximum atomic E-state index is 9.08. The molecule has 2 heteroatoms. The van der Waals surface area contributed by atoms with Gasteiger partial charge in [0.2, 0.25) is 0 Å². The second-order valence-electron chi connectivity index (χ2n) is 5.76. The van der Waals surface area contributed by atoms with Gasteiger partial charge in [-0.1, -0.05) is 66.7 Å². The van der Waals surface area contributed by atoms with Gasteiger partial charge in [-0.3, -0.25) is 0 Å². The van der Waals surface area contributed by atoms with Gasteiger partial charge >= 0.3 is 0 Å². The second kappa shape index (κ2) is 6.34. The molecular weight excluding hydrogens is 296 g/mol. The first-order valence-electron chi connectivity index (χ1n) is 8.12. The number of aliphatic hydroxyl groups excluding tert-OH is 1. The Hall–Kier alpha value is -2.84. The van der Waals surface area contributed by atoms with Crippen molar-refractivity contribution in [3.05, 3.63) is 78.9 Å². The highest BCUT2D eigenvalue weighted by atomic mass is 16.5. The number of hydrogen-bond acceptors (Lipinski definition) is 2. The van der Waals surface area contributed by atoms with E-state index in [0.717, 1.165) is 16.9 Å². The van der Waals surface area contributed by atoms with Crippen LogP contribution in [0.25, 0.3) is 32.7 Å². The van der Waals surface area contributed by atoms with E-state index in [2.05, 4.69) is 60.7 Å². The highest BCUT2D eigenvalue weighted by Crippen LogP contribution is 2.38. The van der Waals surface area contributed by atoms with Crippen LogP contribution in [0.15, 0.2) is 78.9 Å². The summed E-state index contributed by atoms with van der Waals surface area (Å²) in [6.45, 7) is 0.301. The first-order chi connectivity index (χ1) is 11.9. The molecule has 0 aliphatic carbocycles. The molecule has 2 nitrogen and oxygen atoms in total. The predicted octanol–water partition coefficient (Wildman–Crippen LogP) is 5.03. The number of benzene rings is 4. The summed E-state index contributed by atoms with van der Waals surface area (Å²) in [7, 11) is 0. The summed E-state index contributed by atoms with van der Waals surface area (Å²) in [6.07, 6.45) is 0. The summed E-state index contributed by atoms with van der Waals surface area (Å²) < 4.78 is 5.75. The van der Waals surface area contributed by atoms with E-state index in [1.165, 1.54) is 21.5 Å². The molecule has 4 rings (SSSR count). The van der Waals surface area contributed by atoms with Crippen molar-refractivity contribution in [3.63, 3.8) is 0 Å². The topological polar surface area (TPSA) is 29.5 Å². The van der Waals surface area contributed by atoms with Gasteiger partial charge in [0.25, 0.3) is 0 Å². The lowest BCUT2D eigenvalue weighted by atomic mass is 9.93. The van der Waals surface area contributed by atoms with E-state index in [4.69, 9.17) is 9.84 Å². The molecule has 4 aromatic carbocycles. The van der Waals surface area contributed by atoms with Gasteiger partial charge in [0, 0.05) is 5.56 Å². The Bertz CT molecular complexity index is 1000. The fraction of sp³-hybridized carbons (Fsp3) is 0.0909. The van der Waals surface area contributed by atoms with E-state index in [-0.39, 0.29) is 6.61 Å². The normalized spacial score (nSPS) is 11.0. The molecule has 0 atom stereocenters. The largest absolute Gasteiger partial charge is 0.491 e. The first-order valence-corrected chi connectivity index (χ1v) is 8.12. The zero-order valence-electron chi connectivity index (χ0n) is 13.3. The van der Waals surface area contributed by atoms with Crippen molar-refractivity contribution >= 4 is 21.5 Å². The van der Waals surface area contributed by atoms with Crippen LogP contribution in [0.3, 0.4) is 0 Å². The monoisotopic (exact) mass is 314 g/mol. The minimum Gasteiger partial charge on any atom is -0.491 e. The molecule has 0 aromatic heterocycles. The van der Waals surface area contributed by atoms with Gasteiger partial charge in [0.15, 0.2) is 0 Å². The molecule has 0 heterocycles. The average Bonchev–Trinajstić information content (AvgIpc) is 2.66. The van der Waals surface area contributed by atoms with E-state index < -0.39 is 0 Å². The third-order valence-corrected chi connectivity index (χ3v) is 4.29. The molecule has 0 fully saturated rings. The summed E-state index contributed by atoms with van der Waals surface area (Å²) in [5, 5.41) is 14.0. The number of hydrogen-bond donors (Lipinski definition) is 1. The van der Waals surface area contributed by atoms with Crippen molar-refractivity contribution in [1.82, 2.24) is 0 Å². The minimum atomic E-state index is 0.00675. The van der Waals surface area contributed by atoms with Crippen LogP contribution in [0.5, 0.6) is 5.75 Å². The molecular formula is C22H18O2. The average molecular weight is 314 g/mol. The molecule has 0 radical (unpaired) electrons. The van der Waals surface area contributed by atoms with Crippen molar-refractivity contribution < 1.29 is 9.84 Å². The SMILES string of the molecule is OCCOc1ccccc1-c1cc2ccccc2c2ccccc12. The number of para-hydroxylation sites is 1. The van der Waals surface area contributed by atoms with Crippen molar-refractivity contribution in [2.24, 2.45) is 0 Å². The molecule has 0 spiro atoms. The van der Waals surface area contributed by atoms with Crippen LogP contribution in [0.2, 0.25) is 0 Å². The van der Waals surface area contributed by atoms with Gasteiger partial charge in [-0.05, 0) is 39.2 Å². The Morgan fingerprint density at radius 3 is 2.17 bits per heavy atom. The third-order valence-electron chi connectivity index (χ3n) is 4.29. The molecule has 4 aromatic rings. The number of ether oxygens (including phenoxy) is 1. The molecule has 0 saturated carbocycles. The lowest BCUT2D eigenvalue weighted by Gasteiger charge is -2.14. The highest BCUT2D eigenvalue weighted by molar-refractivity contribution is 6.14. The minimum absolute atomic E-state index is 0.00675. The Kier molecular flexibility index (Phi) is 3.89. The smallest absolute Gasteiger partial charge is 0.127 e.